The van der Waals surface area contributed by atoms with Crippen molar-refractivity contribution in [3.05, 3.63) is 28.8 Å². The van der Waals surface area contributed by atoms with E-state index in [1.807, 2.05) is 6.07 Å². The first kappa shape index (κ1) is 12.0. The molecule has 5 nitrogen and oxygen atoms in total. The summed E-state index contributed by atoms with van der Waals surface area (Å²) in [5.74, 6) is -0.242. The normalized spacial score (nSPS) is 9.38. The highest BCUT2D eigenvalue weighted by molar-refractivity contribution is 5.93. The number of aliphatic hydroxyl groups excluding tert-OH is 1. The van der Waals surface area contributed by atoms with Gasteiger partial charge < -0.3 is 14.6 Å². The van der Waals surface area contributed by atoms with E-state index in [-0.39, 0.29) is 17.7 Å². The number of hydrogen-bond donors (Lipinski definition) is 1. The van der Waals surface area contributed by atoms with Crippen LogP contribution in [-0.2, 0) is 11.3 Å². The van der Waals surface area contributed by atoms with Crippen LogP contribution < -0.4 is 4.74 Å². The molecule has 0 unspecified atom stereocenters. The molecule has 0 bridgehead atoms. The van der Waals surface area contributed by atoms with E-state index < -0.39 is 5.97 Å². The molecule has 0 atom stereocenters. The minimum Gasteiger partial charge on any atom is -0.497 e. The first-order valence-corrected chi connectivity index (χ1v) is 4.48. The lowest BCUT2D eigenvalue weighted by atomic mass is 10.0. The zero-order valence-corrected chi connectivity index (χ0v) is 8.98. The molecule has 0 aliphatic rings. The van der Waals surface area contributed by atoms with E-state index >= 15 is 0 Å². The maximum atomic E-state index is 11.4. The van der Waals surface area contributed by atoms with Crippen molar-refractivity contribution in [1.82, 2.24) is 0 Å². The summed E-state index contributed by atoms with van der Waals surface area (Å²) < 4.78 is 9.51. The van der Waals surface area contributed by atoms with E-state index in [9.17, 15) is 4.79 Å². The Morgan fingerprint density at radius 3 is 2.62 bits per heavy atom. The van der Waals surface area contributed by atoms with Gasteiger partial charge in [-0.3, -0.25) is 0 Å². The van der Waals surface area contributed by atoms with Crippen molar-refractivity contribution in [1.29, 1.82) is 5.26 Å². The number of nitriles is 1. The number of methoxy groups -OCH3 is 2. The van der Waals surface area contributed by atoms with Crippen LogP contribution in [-0.4, -0.2) is 25.3 Å². The maximum absolute atomic E-state index is 11.4. The molecule has 1 N–H and O–H groups in total. The third-order valence-corrected chi connectivity index (χ3v) is 2.12. The van der Waals surface area contributed by atoms with Crippen LogP contribution in [0, 0.1) is 11.3 Å². The fraction of sp³-hybridized carbons (Fsp3) is 0.273. The summed E-state index contributed by atoms with van der Waals surface area (Å²) in [7, 11) is 2.66. The monoisotopic (exact) mass is 221 g/mol. The molecule has 0 spiro atoms. The molecule has 0 radical (unpaired) electrons. The molecule has 1 aromatic carbocycles. The first-order chi connectivity index (χ1) is 7.67. The Morgan fingerprint density at radius 2 is 2.19 bits per heavy atom. The van der Waals surface area contributed by atoms with E-state index in [0.29, 0.717) is 11.3 Å². The fourth-order valence-corrected chi connectivity index (χ4v) is 1.32. The van der Waals surface area contributed by atoms with Gasteiger partial charge in [0.05, 0.1) is 32.0 Å². The van der Waals surface area contributed by atoms with Crippen molar-refractivity contribution in [2.45, 2.75) is 6.61 Å². The van der Waals surface area contributed by atoms with E-state index in [2.05, 4.69) is 4.74 Å². The van der Waals surface area contributed by atoms with Crippen LogP contribution >= 0.6 is 0 Å². The third kappa shape index (κ3) is 2.12. The number of carbonyl (C=O) groups is 1. The first-order valence-electron chi connectivity index (χ1n) is 4.48. The summed E-state index contributed by atoms with van der Waals surface area (Å²) in [5, 5.41) is 18.0. The molecule has 0 saturated heterocycles. The molecule has 1 aromatic rings. The predicted molar refractivity (Wildman–Crippen MR) is 55.0 cm³/mol. The lowest BCUT2D eigenvalue weighted by Gasteiger charge is -2.09. The maximum Gasteiger partial charge on any atom is 0.339 e. The molecule has 84 valence electrons. The summed E-state index contributed by atoms with van der Waals surface area (Å²) in [6.07, 6.45) is 0. The largest absolute Gasteiger partial charge is 0.497 e. The summed E-state index contributed by atoms with van der Waals surface area (Å²) >= 11 is 0. The van der Waals surface area contributed by atoms with Crippen molar-refractivity contribution in [2.75, 3.05) is 14.2 Å². The van der Waals surface area contributed by atoms with E-state index in [4.69, 9.17) is 15.1 Å². The van der Waals surface area contributed by atoms with Gasteiger partial charge in [-0.05, 0) is 17.7 Å². The number of aliphatic hydroxyl groups is 1. The van der Waals surface area contributed by atoms with Crippen LogP contribution in [0.1, 0.15) is 21.5 Å². The van der Waals surface area contributed by atoms with Crippen molar-refractivity contribution in [3.63, 3.8) is 0 Å². The van der Waals surface area contributed by atoms with E-state index in [1.54, 1.807) is 0 Å². The van der Waals surface area contributed by atoms with Crippen LogP contribution in [0.5, 0.6) is 5.75 Å². The molecule has 0 saturated carbocycles. The van der Waals surface area contributed by atoms with Crippen LogP contribution in [0.4, 0.5) is 0 Å². The summed E-state index contributed by atoms with van der Waals surface area (Å²) in [6.45, 7) is -0.343. The van der Waals surface area contributed by atoms with Crippen molar-refractivity contribution >= 4 is 5.97 Å². The number of rotatable bonds is 3. The smallest absolute Gasteiger partial charge is 0.339 e. The third-order valence-electron chi connectivity index (χ3n) is 2.12. The second kappa shape index (κ2) is 5.14. The highest BCUT2D eigenvalue weighted by atomic mass is 16.5. The van der Waals surface area contributed by atoms with Crippen molar-refractivity contribution < 1.29 is 19.4 Å². The Hall–Kier alpha value is -2.06. The van der Waals surface area contributed by atoms with Gasteiger partial charge >= 0.3 is 5.97 Å². The summed E-state index contributed by atoms with van der Waals surface area (Å²) in [6, 6.07) is 4.78. The Labute approximate surface area is 92.8 Å². The minimum atomic E-state index is -0.634. The molecular formula is C11H11NO4. The standard InChI is InChI=1S/C11H11NO4/c1-15-8-3-7(6-13)10(5-12)9(4-8)11(14)16-2/h3-4,13H,6H2,1-2H3. The van der Waals surface area contributed by atoms with Gasteiger partial charge in [-0.1, -0.05) is 0 Å². The van der Waals surface area contributed by atoms with Gasteiger partial charge in [-0.25, -0.2) is 4.79 Å². The van der Waals surface area contributed by atoms with Crippen LogP contribution in [0.2, 0.25) is 0 Å². The van der Waals surface area contributed by atoms with Crippen molar-refractivity contribution in [2.24, 2.45) is 0 Å². The molecule has 0 amide bonds. The average molecular weight is 221 g/mol. The number of hydrogen-bond acceptors (Lipinski definition) is 5. The summed E-state index contributed by atoms with van der Waals surface area (Å²) in [4.78, 5) is 11.4. The number of benzene rings is 1. The fourth-order valence-electron chi connectivity index (χ4n) is 1.32. The van der Waals surface area contributed by atoms with Gasteiger partial charge in [0.2, 0.25) is 0 Å². The molecule has 1 rings (SSSR count). The Kier molecular flexibility index (Phi) is 3.86. The molecule has 0 fully saturated rings. The predicted octanol–water partition coefficient (Wildman–Crippen LogP) is 0.846. The zero-order chi connectivity index (χ0) is 12.1. The van der Waals surface area contributed by atoms with Gasteiger partial charge in [0.25, 0.3) is 0 Å². The molecular weight excluding hydrogens is 210 g/mol. The van der Waals surface area contributed by atoms with Crippen LogP contribution in [0.25, 0.3) is 0 Å². The SMILES string of the molecule is COC(=O)c1cc(OC)cc(CO)c1C#N. The van der Waals surface area contributed by atoms with E-state index in [0.717, 1.165) is 0 Å². The number of esters is 1. The van der Waals surface area contributed by atoms with Gasteiger partial charge in [-0.2, -0.15) is 5.26 Å². The summed E-state index contributed by atoms with van der Waals surface area (Å²) in [5.41, 5.74) is 0.533. The number of carbonyl (C=O) groups excluding carboxylic acids is 1. The Morgan fingerprint density at radius 1 is 1.50 bits per heavy atom. The second-order valence-corrected chi connectivity index (χ2v) is 2.97. The molecule has 16 heavy (non-hydrogen) atoms. The highest BCUT2D eigenvalue weighted by Gasteiger charge is 2.17. The lowest BCUT2D eigenvalue weighted by molar-refractivity contribution is 0.0599. The van der Waals surface area contributed by atoms with E-state index in [1.165, 1.54) is 26.4 Å². The second-order valence-electron chi connectivity index (χ2n) is 2.97. The van der Waals surface area contributed by atoms with Crippen molar-refractivity contribution in [3.8, 4) is 11.8 Å². The Balaban J connectivity index is 3.44. The number of nitrogens with zero attached hydrogens (tertiary/aromatic N) is 1. The lowest BCUT2D eigenvalue weighted by Crippen LogP contribution is -2.07. The average Bonchev–Trinajstić information content (AvgIpc) is 2.35. The van der Waals surface area contributed by atoms with Crippen LogP contribution in [0.15, 0.2) is 12.1 Å². The zero-order valence-electron chi connectivity index (χ0n) is 8.98. The number of ether oxygens (including phenoxy) is 2. The molecule has 0 aliphatic carbocycles. The van der Waals surface area contributed by atoms with Gasteiger partial charge in [0.15, 0.2) is 0 Å². The molecule has 5 heteroatoms. The quantitative estimate of drug-likeness (QED) is 0.765. The highest BCUT2D eigenvalue weighted by Crippen LogP contribution is 2.23. The Bertz CT molecular complexity index is 448. The minimum absolute atomic E-state index is 0.0911. The molecule has 0 aliphatic heterocycles. The van der Waals surface area contributed by atoms with Gasteiger partial charge in [0, 0.05) is 0 Å². The van der Waals surface area contributed by atoms with Crippen LogP contribution in [0.3, 0.4) is 0 Å². The van der Waals surface area contributed by atoms with Gasteiger partial charge in [-0.15, -0.1) is 0 Å². The topological polar surface area (TPSA) is 79.6 Å². The molecule has 0 aromatic heterocycles. The molecule has 0 heterocycles. The van der Waals surface area contributed by atoms with Gasteiger partial charge in [0.1, 0.15) is 11.8 Å².